The number of aryl methyl sites for hydroxylation is 1. The number of rotatable bonds is 5. The van der Waals surface area contributed by atoms with E-state index in [4.69, 9.17) is 4.74 Å². The summed E-state index contributed by atoms with van der Waals surface area (Å²) in [7, 11) is 0. The summed E-state index contributed by atoms with van der Waals surface area (Å²) in [6.07, 6.45) is 0. The molecule has 4 rings (SSSR count). The molecule has 4 aromatic rings. The summed E-state index contributed by atoms with van der Waals surface area (Å²) in [5, 5.41) is 5.11. The van der Waals surface area contributed by atoms with Crippen LogP contribution in [0.15, 0.2) is 78.2 Å². The second kappa shape index (κ2) is 8.02. The van der Waals surface area contributed by atoms with E-state index in [2.05, 4.69) is 15.3 Å². The quantitative estimate of drug-likeness (QED) is 0.363. The smallest absolute Gasteiger partial charge is 0.353 e. The summed E-state index contributed by atoms with van der Waals surface area (Å²) in [6.45, 7) is 1.86. The minimum Gasteiger partial charge on any atom is -0.422 e. The number of thiophene rings is 1. The first-order chi connectivity index (χ1) is 13.7. The van der Waals surface area contributed by atoms with E-state index in [0.717, 1.165) is 16.9 Å². The van der Waals surface area contributed by atoms with Gasteiger partial charge in [0.1, 0.15) is 22.3 Å². The Kier molecular flexibility index (Phi) is 5.12. The van der Waals surface area contributed by atoms with E-state index in [1.54, 1.807) is 18.2 Å². The highest BCUT2D eigenvalue weighted by Gasteiger charge is 2.10. The number of carbonyl (C=O) groups is 1. The van der Waals surface area contributed by atoms with E-state index in [-0.39, 0.29) is 5.97 Å². The van der Waals surface area contributed by atoms with Gasteiger partial charge in [0.05, 0.1) is 5.69 Å². The maximum absolute atomic E-state index is 12.1. The molecule has 6 heteroatoms. The van der Waals surface area contributed by atoms with E-state index in [1.165, 1.54) is 11.3 Å². The fraction of sp³-hybridized carbons (Fsp3) is 0.0455. The van der Waals surface area contributed by atoms with Crippen LogP contribution in [0.25, 0.3) is 11.3 Å². The van der Waals surface area contributed by atoms with E-state index in [1.807, 2.05) is 66.9 Å². The number of hydrogen-bond acceptors (Lipinski definition) is 6. The molecule has 0 bridgehead atoms. The zero-order valence-electron chi connectivity index (χ0n) is 15.1. The van der Waals surface area contributed by atoms with Gasteiger partial charge in [-0.15, -0.1) is 11.3 Å². The van der Waals surface area contributed by atoms with Gasteiger partial charge >= 0.3 is 5.97 Å². The topological polar surface area (TPSA) is 64.1 Å². The third kappa shape index (κ3) is 4.24. The Bertz CT molecular complexity index is 1100. The lowest BCUT2D eigenvalue weighted by Gasteiger charge is -2.10. The van der Waals surface area contributed by atoms with Crippen LogP contribution in [-0.2, 0) is 0 Å². The Morgan fingerprint density at radius 3 is 2.61 bits per heavy atom. The molecular weight excluding hydrogens is 370 g/mol. The van der Waals surface area contributed by atoms with Gasteiger partial charge in [0.25, 0.3) is 0 Å². The van der Waals surface area contributed by atoms with Crippen LogP contribution >= 0.6 is 11.3 Å². The highest BCUT2D eigenvalue weighted by molar-refractivity contribution is 7.12. The lowest BCUT2D eigenvalue weighted by Crippen LogP contribution is -2.06. The van der Waals surface area contributed by atoms with Gasteiger partial charge in [-0.1, -0.05) is 42.5 Å². The van der Waals surface area contributed by atoms with E-state index in [0.29, 0.717) is 22.3 Å². The fourth-order valence-electron chi connectivity index (χ4n) is 2.73. The van der Waals surface area contributed by atoms with Crippen LogP contribution in [0.5, 0.6) is 5.75 Å². The maximum atomic E-state index is 12.1. The highest BCUT2D eigenvalue weighted by atomic mass is 32.1. The molecule has 0 aliphatic rings. The number of benzene rings is 2. The Hall–Kier alpha value is -3.51. The van der Waals surface area contributed by atoms with Gasteiger partial charge in [-0.25, -0.2) is 14.8 Å². The molecule has 0 saturated carbocycles. The first-order valence-corrected chi connectivity index (χ1v) is 9.59. The molecular formula is C22H17N3O2S. The van der Waals surface area contributed by atoms with E-state index >= 15 is 0 Å². The van der Waals surface area contributed by atoms with Gasteiger partial charge in [-0.2, -0.15) is 0 Å². The standard InChI is InChI=1S/C22H17N3O2S/c1-15-23-19(16-7-3-2-4-8-16)14-21(24-15)25-17-9-5-10-18(13-17)27-22(26)20-11-6-12-28-20/h2-14H,1H3,(H,23,24,25). The number of hydrogen-bond donors (Lipinski definition) is 1. The average molecular weight is 387 g/mol. The summed E-state index contributed by atoms with van der Waals surface area (Å²) < 4.78 is 5.45. The molecule has 2 heterocycles. The van der Waals surface area contributed by atoms with Crippen LogP contribution in [0, 0.1) is 6.92 Å². The van der Waals surface area contributed by atoms with Crippen molar-refractivity contribution >= 4 is 28.8 Å². The molecule has 2 aromatic carbocycles. The first-order valence-electron chi connectivity index (χ1n) is 8.71. The van der Waals surface area contributed by atoms with Crippen molar-refractivity contribution < 1.29 is 9.53 Å². The summed E-state index contributed by atoms with van der Waals surface area (Å²) in [4.78, 5) is 21.7. The second-order valence-corrected chi connectivity index (χ2v) is 7.02. The van der Waals surface area contributed by atoms with Gasteiger partial charge in [0.15, 0.2) is 0 Å². The Labute approximate surface area is 166 Å². The maximum Gasteiger partial charge on any atom is 0.353 e. The predicted octanol–water partition coefficient (Wildman–Crippen LogP) is 5.48. The average Bonchev–Trinajstić information content (AvgIpc) is 3.23. The van der Waals surface area contributed by atoms with Crippen molar-refractivity contribution in [2.45, 2.75) is 6.92 Å². The monoisotopic (exact) mass is 387 g/mol. The number of aromatic nitrogens is 2. The number of esters is 1. The number of nitrogens with zero attached hydrogens (tertiary/aromatic N) is 2. The summed E-state index contributed by atoms with van der Waals surface area (Å²) in [6, 6.07) is 22.6. The minimum atomic E-state index is -0.364. The molecule has 0 aliphatic heterocycles. The van der Waals surface area contributed by atoms with Crippen LogP contribution in [-0.4, -0.2) is 15.9 Å². The van der Waals surface area contributed by atoms with Gasteiger partial charge < -0.3 is 10.1 Å². The molecule has 2 aromatic heterocycles. The Morgan fingerprint density at radius 2 is 1.82 bits per heavy atom. The van der Waals surface area contributed by atoms with Gasteiger partial charge in [-0.05, 0) is 30.5 Å². The van der Waals surface area contributed by atoms with Crippen molar-refractivity contribution in [2.75, 3.05) is 5.32 Å². The molecule has 1 N–H and O–H groups in total. The van der Waals surface area contributed by atoms with Gasteiger partial charge in [0, 0.05) is 23.4 Å². The fourth-order valence-corrected chi connectivity index (χ4v) is 3.32. The molecule has 138 valence electrons. The molecule has 0 radical (unpaired) electrons. The van der Waals surface area contributed by atoms with Crippen molar-refractivity contribution in [3.8, 4) is 17.0 Å². The third-order valence-electron chi connectivity index (χ3n) is 3.95. The molecule has 0 amide bonds. The molecule has 0 atom stereocenters. The van der Waals surface area contributed by atoms with Gasteiger partial charge in [-0.3, -0.25) is 0 Å². The summed E-state index contributed by atoms with van der Waals surface area (Å²) >= 11 is 1.35. The molecule has 0 spiro atoms. The van der Waals surface area contributed by atoms with Crippen LogP contribution in [0.3, 0.4) is 0 Å². The van der Waals surface area contributed by atoms with Crippen molar-refractivity contribution in [2.24, 2.45) is 0 Å². The van der Waals surface area contributed by atoms with Crippen LogP contribution in [0.1, 0.15) is 15.5 Å². The van der Waals surface area contributed by atoms with Crippen LogP contribution in [0.2, 0.25) is 0 Å². The number of carbonyl (C=O) groups excluding carboxylic acids is 1. The summed E-state index contributed by atoms with van der Waals surface area (Å²) in [5.41, 5.74) is 2.64. The van der Waals surface area contributed by atoms with E-state index in [9.17, 15) is 4.79 Å². The predicted molar refractivity (Wildman–Crippen MR) is 111 cm³/mol. The SMILES string of the molecule is Cc1nc(Nc2cccc(OC(=O)c3cccs3)c2)cc(-c2ccccc2)n1. The Morgan fingerprint density at radius 1 is 0.964 bits per heavy atom. The van der Waals surface area contributed by atoms with Crippen molar-refractivity contribution in [3.63, 3.8) is 0 Å². The number of anilines is 2. The molecule has 0 unspecified atom stereocenters. The molecule has 0 fully saturated rings. The minimum absolute atomic E-state index is 0.364. The molecule has 5 nitrogen and oxygen atoms in total. The number of ether oxygens (including phenoxy) is 1. The third-order valence-corrected chi connectivity index (χ3v) is 4.80. The van der Waals surface area contributed by atoms with Crippen molar-refractivity contribution in [1.29, 1.82) is 0 Å². The highest BCUT2D eigenvalue weighted by Crippen LogP contribution is 2.25. The van der Waals surface area contributed by atoms with Crippen molar-refractivity contribution in [1.82, 2.24) is 9.97 Å². The second-order valence-electron chi connectivity index (χ2n) is 6.07. The lowest BCUT2D eigenvalue weighted by molar-refractivity contribution is 0.0740. The molecule has 28 heavy (non-hydrogen) atoms. The molecule has 0 saturated heterocycles. The summed E-state index contributed by atoms with van der Waals surface area (Å²) in [5.74, 6) is 1.45. The van der Waals surface area contributed by atoms with E-state index < -0.39 is 0 Å². The van der Waals surface area contributed by atoms with Crippen LogP contribution < -0.4 is 10.1 Å². The Balaban J connectivity index is 1.55. The normalized spacial score (nSPS) is 10.5. The zero-order valence-corrected chi connectivity index (χ0v) is 15.9. The molecule has 0 aliphatic carbocycles. The largest absolute Gasteiger partial charge is 0.422 e. The number of nitrogens with one attached hydrogen (secondary N) is 1. The zero-order chi connectivity index (χ0) is 19.3. The van der Waals surface area contributed by atoms with Crippen LogP contribution in [0.4, 0.5) is 11.5 Å². The van der Waals surface area contributed by atoms with Crippen molar-refractivity contribution in [3.05, 3.63) is 88.9 Å². The first kappa shape index (κ1) is 17.9. The van der Waals surface area contributed by atoms with Gasteiger partial charge in [0.2, 0.25) is 0 Å². The lowest BCUT2D eigenvalue weighted by atomic mass is 10.1.